The zero-order valence-corrected chi connectivity index (χ0v) is 16.1. The van der Waals surface area contributed by atoms with Crippen molar-refractivity contribution in [3.8, 4) is 12.3 Å². The van der Waals surface area contributed by atoms with Gasteiger partial charge in [0, 0.05) is 11.1 Å². The predicted octanol–water partition coefficient (Wildman–Crippen LogP) is 3.36. The first kappa shape index (κ1) is 18.9. The molecule has 138 valence electrons. The quantitative estimate of drug-likeness (QED) is 0.671. The van der Waals surface area contributed by atoms with E-state index >= 15 is 0 Å². The molecule has 0 bridgehead atoms. The summed E-state index contributed by atoms with van der Waals surface area (Å²) in [5.74, 6) is 1.65. The van der Waals surface area contributed by atoms with Gasteiger partial charge in [0.15, 0.2) is 11.4 Å². The minimum Gasteiger partial charge on any atom is -0.375 e. The average Bonchev–Trinajstić information content (AvgIpc) is 2.83. The molecule has 0 saturated heterocycles. The van der Waals surface area contributed by atoms with Crippen LogP contribution in [0.25, 0.3) is 0 Å². The van der Waals surface area contributed by atoms with Gasteiger partial charge in [-0.25, -0.2) is 0 Å². The van der Waals surface area contributed by atoms with Crippen LogP contribution < -0.4 is 4.90 Å². The molecule has 2 aromatic carbocycles. The van der Waals surface area contributed by atoms with E-state index in [1.54, 1.807) is 24.3 Å². The zero-order valence-electron chi connectivity index (χ0n) is 16.1. The molecule has 0 aliphatic carbocycles. The summed E-state index contributed by atoms with van der Waals surface area (Å²) in [5, 5.41) is 11.3. The van der Waals surface area contributed by atoms with Crippen molar-refractivity contribution in [1.82, 2.24) is 0 Å². The van der Waals surface area contributed by atoms with Crippen LogP contribution in [-0.4, -0.2) is 23.3 Å². The lowest BCUT2D eigenvalue weighted by Gasteiger charge is -2.23. The Morgan fingerprint density at radius 2 is 1.74 bits per heavy atom. The van der Waals surface area contributed by atoms with Gasteiger partial charge in [-0.15, -0.1) is 6.42 Å². The molecule has 0 spiro atoms. The number of carbonyl (C=O) groups is 2. The number of benzene rings is 2. The molecule has 0 unspecified atom stereocenters. The van der Waals surface area contributed by atoms with Gasteiger partial charge in [-0.2, -0.15) is 0 Å². The van der Waals surface area contributed by atoms with Gasteiger partial charge < -0.3 is 5.11 Å². The Morgan fingerprint density at radius 1 is 1.15 bits per heavy atom. The van der Waals surface area contributed by atoms with E-state index in [1.807, 2.05) is 33.8 Å². The Balaban J connectivity index is 2.07. The summed E-state index contributed by atoms with van der Waals surface area (Å²) in [6.45, 7) is 7.76. The van der Waals surface area contributed by atoms with E-state index in [4.69, 9.17) is 6.42 Å². The zero-order chi connectivity index (χ0) is 19.9. The highest BCUT2D eigenvalue weighted by Crippen LogP contribution is 2.43. The average molecular weight is 361 g/mol. The molecule has 1 aliphatic heterocycles. The summed E-state index contributed by atoms with van der Waals surface area (Å²) in [4.78, 5) is 27.5. The number of rotatable bonds is 4. The monoisotopic (exact) mass is 361 g/mol. The lowest BCUT2D eigenvalue weighted by atomic mass is 9.84. The number of aryl methyl sites for hydroxylation is 2. The fraction of sp³-hybridized carbons (Fsp3) is 0.304. The number of hydrogen-bond donors (Lipinski definition) is 1. The van der Waals surface area contributed by atoms with Crippen molar-refractivity contribution in [1.29, 1.82) is 0 Å². The van der Waals surface area contributed by atoms with Crippen molar-refractivity contribution in [2.45, 2.75) is 39.7 Å². The molecule has 1 aliphatic rings. The fourth-order valence-corrected chi connectivity index (χ4v) is 3.88. The molecule has 0 radical (unpaired) electrons. The molecule has 3 rings (SSSR count). The first-order valence-electron chi connectivity index (χ1n) is 8.90. The number of anilines is 1. The second-order valence-electron chi connectivity index (χ2n) is 7.21. The third-order valence-electron chi connectivity index (χ3n) is 5.55. The highest BCUT2D eigenvalue weighted by molar-refractivity contribution is 6.11. The Morgan fingerprint density at radius 3 is 2.33 bits per heavy atom. The van der Waals surface area contributed by atoms with E-state index in [9.17, 15) is 14.7 Å². The molecule has 0 aromatic heterocycles. The molecule has 1 amide bonds. The summed E-state index contributed by atoms with van der Waals surface area (Å²) in [7, 11) is 0. The van der Waals surface area contributed by atoms with Crippen molar-refractivity contribution >= 4 is 17.4 Å². The fourth-order valence-electron chi connectivity index (χ4n) is 3.88. The minimum absolute atomic E-state index is 0.0496. The van der Waals surface area contributed by atoms with Gasteiger partial charge in [0.05, 0.1) is 18.7 Å². The minimum atomic E-state index is -1.90. The molecule has 2 aromatic rings. The summed E-state index contributed by atoms with van der Waals surface area (Å²) in [6.07, 6.45) is 5.08. The number of carbonyl (C=O) groups excluding carboxylic acids is 2. The van der Waals surface area contributed by atoms with E-state index in [0.717, 1.165) is 22.3 Å². The number of ketones is 1. The molecule has 4 nitrogen and oxygen atoms in total. The largest absolute Gasteiger partial charge is 0.375 e. The molecule has 4 heteroatoms. The van der Waals surface area contributed by atoms with Crippen molar-refractivity contribution in [2.24, 2.45) is 0 Å². The van der Waals surface area contributed by atoms with Gasteiger partial charge in [0.1, 0.15) is 0 Å². The Labute approximate surface area is 159 Å². The molecule has 1 N–H and O–H groups in total. The Bertz CT molecular complexity index is 973. The molecule has 1 heterocycles. The van der Waals surface area contributed by atoms with Crippen LogP contribution in [0.2, 0.25) is 0 Å². The van der Waals surface area contributed by atoms with Crippen LogP contribution in [-0.2, 0) is 10.4 Å². The SMILES string of the molecule is C#CCN1C(=O)[C@@](O)(CC(=O)c2c(C)c(C)cc(C)c2C)c2ccccc21. The number of fused-ring (bicyclic) bond motifs is 1. The van der Waals surface area contributed by atoms with E-state index < -0.39 is 11.5 Å². The standard InChI is InChI=1S/C23H23NO3/c1-6-11-24-19-10-8-7-9-18(19)23(27,22(24)26)13-20(25)21-16(4)14(2)12-15(3)17(21)5/h1,7-10,12,27H,11,13H2,2-5H3/t23-/m1/s1. The number of hydrogen-bond acceptors (Lipinski definition) is 3. The van der Waals surface area contributed by atoms with Gasteiger partial charge in [-0.1, -0.05) is 30.2 Å². The van der Waals surface area contributed by atoms with Crippen molar-refractivity contribution in [2.75, 3.05) is 11.4 Å². The van der Waals surface area contributed by atoms with Crippen LogP contribution in [0.4, 0.5) is 5.69 Å². The number of Topliss-reactive ketones (excluding diaryl/α,β-unsaturated/α-hetero) is 1. The van der Waals surface area contributed by atoms with Crippen LogP contribution in [0.3, 0.4) is 0 Å². The maximum Gasteiger partial charge on any atom is 0.265 e. The summed E-state index contributed by atoms with van der Waals surface area (Å²) in [6, 6.07) is 8.98. The van der Waals surface area contributed by atoms with Gasteiger partial charge in [-0.3, -0.25) is 14.5 Å². The topological polar surface area (TPSA) is 57.6 Å². The maximum absolute atomic E-state index is 13.2. The van der Waals surface area contributed by atoms with Crippen molar-refractivity contribution in [3.05, 3.63) is 63.7 Å². The number of nitrogens with zero attached hydrogens (tertiary/aromatic N) is 1. The second kappa shape index (κ2) is 6.68. The highest BCUT2D eigenvalue weighted by atomic mass is 16.3. The number of para-hydroxylation sites is 1. The molecular weight excluding hydrogens is 338 g/mol. The second-order valence-corrected chi connectivity index (χ2v) is 7.21. The summed E-state index contributed by atoms with van der Waals surface area (Å²) < 4.78 is 0. The number of aliphatic hydroxyl groups is 1. The molecule has 0 fully saturated rings. The molecular formula is C23H23NO3. The third-order valence-corrected chi connectivity index (χ3v) is 5.55. The number of amides is 1. The van der Waals surface area contributed by atoms with Crippen LogP contribution >= 0.6 is 0 Å². The van der Waals surface area contributed by atoms with Gasteiger partial charge >= 0.3 is 0 Å². The van der Waals surface area contributed by atoms with Crippen LogP contribution in [0.15, 0.2) is 30.3 Å². The van der Waals surface area contributed by atoms with Crippen molar-refractivity contribution in [3.63, 3.8) is 0 Å². The smallest absolute Gasteiger partial charge is 0.265 e. The maximum atomic E-state index is 13.2. The molecule has 1 atom stereocenters. The lowest BCUT2D eigenvalue weighted by molar-refractivity contribution is -0.135. The van der Waals surface area contributed by atoms with Crippen LogP contribution in [0.5, 0.6) is 0 Å². The van der Waals surface area contributed by atoms with Crippen LogP contribution in [0.1, 0.15) is 44.6 Å². The van der Waals surface area contributed by atoms with E-state index in [1.165, 1.54) is 4.90 Å². The third kappa shape index (κ3) is 2.85. The first-order chi connectivity index (χ1) is 12.7. The summed E-state index contributed by atoms with van der Waals surface area (Å²) >= 11 is 0. The molecule has 27 heavy (non-hydrogen) atoms. The van der Waals surface area contributed by atoms with E-state index in [-0.39, 0.29) is 18.7 Å². The number of terminal acetylenes is 1. The Hall–Kier alpha value is -2.90. The van der Waals surface area contributed by atoms with Gasteiger partial charge in [-0.05, 0) is 56.0 Å². The lowest BCUT2D eigenvalue weighted by Crippen LogP contribution is -2.42. The first-order valence-corrected chi connectivity index (χ1v) is 8.90. The normalized spacial score (nSPS) is 18.4. The highest BCUT2D eigenvalue weighted by Gasteiger charge is 2.50. The Kier molecular flexibility index (Phi) is 4.67. The predicted molar refractivity (Wildman–Crippen MR) is 106 cm³/mol. The van der Waals surface area contributed by atoms with Crippen LogP contribution in [0, 0.1) is 40.0 Å². The van der Waals surface area contributed by atoms with E-state index in [0.29, 0.717) is 16.8 Å². The van der Waals surface area contributed by atoms with E-state index in [2.05, 4.69) is 5.92 Å². The van der Waals surface area contributed by atoms with Crippen molar-refractivity contribution < 1.29 is 14.7 Å². The summed E-state index contributed by atoms with van der Waals surface area (Å²) in [5.41, 5.74) is 3.46. The molecule has 0 saturated carbocycles. The van der Waals surface area contributed by atoms with Gasteiger partial charge in [0.25, 0.3) is 5.91 Å². The van der Waals surface area contributed by atoms with Gasteiger partial charge in [0.2, 0.25) is 0 Å².